The van der Waals surface area contributed by atoms with Gasteiger partial charge in [0.15, 0.2) is 5.65 Å². The molecule has 1 aliphatic carbocycles. The van der Waals surface area contributed by atoms with Crippen LogP contribution in [-0.2, 0) is 6.42 Å². The minimum atomic E-state index is 0.664. The maximum absolute atomic E-state index is 6.29. The number of nitrogens with zero attached hydrogens (tertiary/aromatic N) is 6. The number of rotatable bonds is 3. The fraction of sp³-hybridized carbons (Fsp3) is 0.250. The Labute approximate surface area is 191 Å². The van der Waals surface area contributed by atoms with E-state index in [1.165, 1.54) is 11.3 Å². The lowest BCUT2D eigenvalue weighted by Gasteiger charge is -2.35. The second-order valence-electron chi connectivity index (χ2n) is 8.62. The molecule has 9 nitrogen and oxygen atoms in total. The molecule has 166 valence electrons. The van der Waals surface area contributed by atoms with Crippen molar-refractivity contribution in [2.45, 2.75) is 6.42 Å². The van der Waals surface area contributed by atoms with E-state index in [0.717, 1.165) is 65.6 Å². The van der Waals surface area contributed by atoms with Crippen molar-refractivity contribution in [2.75, 3.05) is 33.2 Å². The zero-order valence-electron chi connectivity index (χ0n) is 18.4. The molecule has 1 saturated heterocycles. The van der Waals surface area contributed by atoms with Gasteiger partial charge < -0.3 is 20.5 Å². The molecule has 6 rings (SSSR count). The number of hydrogen-bond donors (Lipinski definition) is 3. The first-order valence-electron chi connectivity index (χ1n) is 11.1. The molecule has 4 aromatic rings. The molecule has 1 fully saturated rings. The first-order valence-corrected chi connectivity index (χ1v) is 11.1. The van der Waals surface area contributed by atoms with E-state index in [0.29, 0.717) is 12.1 Å². The predicted molar refractivity (Wildman–Crippen MR) is 128 cm³/mol. The van der Waals surface area contributed by atoms with Crippen molar-refractivity contribution >= 4 is 16.7 Å². The van der Waals surface area contributed by atoms with Gasteiger partial charge in [-0.15, -0.1) is 0 Å². The van der Waals surface area contributed by atoms with Crippen LogP contribution in [0.1, 0.15) is 11.3 Å². The average molecular weight is 440 g/mol. The van der Waals surface area contributed by atoms with Crippen LogP contribution in [-0.4, -0.2) is 73.2 Å². The zero-order valence-corrected chi connectivity index (χ0v) is 18.4. The predicted octanol–water partition coefficient (Wildman–Crippen LogP) is 2.40. The number of likely N-dealkylation sites (N-methyl/N-ethyl adjacent to an activating group) is 1. The molecule has 9 heteroatoms. The number of piperazine rings is 1. The van der Waals surface area contributed by atoms with E-state index in [1.807, 2.05) is 6.08 Å². The van der Waals surface area contributed by atoms with Crippen molar-refractivity contribution in [3.05, 3.63) is 66.0 Å². The van der Waals surface area contributed by atoms with Crippen molar-refractivity contribution in [1.82, 2.24) is 39.9 Å². The minimum Gasteiger partial charge on any atom is -0.402 e. The molecule has 1 aliphatic heterocycles. The summed E-state index contributed by atoms with van der Waals surface area (Å²) in [7, 11) is 2.17. The molecule has 0 saturated carbocycles. The third kappa shape index (κ3) is 3.56. The standard InChI is InChI=1S/C24H25N9/c1-32-6-8-33(9-7-32)22-3-2-16(25)11-19-17(22)12-20(29-19)23-18-10-15(13-28-24(18)31-30-23)21-14-26-4-5-27-21/h2-5,10,12-14,29H,6-9,11,25H2,1H3,(H,28,30,31). The van der Waals surface area contributed by atoms with Crippen LogP contribution < -0.4 is 5.73 Å². The van der Waals surface area contributed by atoms with Gasteiger partial charge in [-0.05, 0) is 31.3 Å². The van der Waals surface area contributed by atoms with Crippen LogP contribution in [0.25, 0.3) is 39.4 Å². The molecule has 4 aromatic heterocycles. The first-order chi connectivity index (χ1) is 16.2. The number of allylic oxidation sites excluding steroid dienone is 3. The number of fused-ring (bicyclic) bond motifs is 2. The number of aromatic nitrogens is 6. The average Bonchev–Trinajstić information content (AvgIpc) is 3.41. The molecular weight excluding hydrogens is 414 g/mol. The van der Waals surface area contributed by atoms with Gasteiger partial charge in [0.2, 0.25) is 0 Å². The van der Waals surface area contributed by atoms with E-state index in [9.17, 15) is 0 Å². The van der Waals surface area contributed by atoms with E-state index >= 15 is 0 Å². The number of nitrogens with one attached hydrogen (secondary N) is 2. The van der Waals surface area contributed by atoms with Gasteiger partial charge in [0.1, 0.15) is 0 Å². The van der Waals surface area contributed by atoms with E-state index < -0.39 is 0 Å². The topological polar surface area (TPSA) is 116 Å². The van der Waals surface area contributed by atoms with Gasteiger partial charge in [0, 0.05) is 84.8 Å². The van der Waals surface area contributed by atoms with Crippen LogP contribution in [0.15, 0.2) is 54.8 Å². The highest BCUT2D eigenvalue weighted by atomic mass is 15.3. The second-order valence-corrected chi connectivity index (χ2v) is 8.62. The summed E-state index contributed by atoms with van der Waals surface area (Å²) in [4.78, 5) is 21.5. The molecule has 0 atom stereocenters. The van der Waals surface area contributed by atoms with Gasteiger partial charge in [-0.3, -0.25) is 15.1 Å². The third-order valence-corrected chi connectivity index (χ3v) is 6.39. The summed E-state index contributed by atoms with van der Waals surface area (Å²) in [6, 6.07) is 4.26. The maximum atomic E-state index is 6.29. The Hall–Kier alpha value is -3.98. The Kier molecular flexibility index (Phi) is 4.69. The fourth-order valence-electron chi connectivity index (χ4n) is 4.56. The minimum absolute atomic E-state index is 0.664. The Bertz CT molecular complexity index is 1370. The van der Waals surface area contributed by atoms with Gasteiger partial charge >= 0.3 is 0 Å². The quantitative estimate of drug-likeness (QED) is 0.449. The van der Waals surface area contributed by atoms with Gasteiger partial charge in [0.25, 0.3) is 0 Å². The highest BCUT2D eigenvalue weighted by Crippen LogP contribution is 2.34. The molecule has 0 aromatic carbocycles. The van der Waals surface area contributed by atoms with Crippen molar-refractivity contribution in [3.8, 4) is 22.6 Å². The third-order valence-electron chi connectivity index (χ3n) is 6.39. The van der Waals surface area contributed by atoms with Gasteiger partial charge in [0.05, 0.1) is 23.3 Å². The summed E-state index contributed by atoms with van der Waals surface area (Å²) in [6.45, 7) is 4.08. The van der Waals surface area contributed by atoms with E-state index in [4.69, 9.17) is 5.73 Å². The van der Waals surface area contributed by atoms with E-state index in [1.54, 1.807) is 24.8 Å². The monoisotopic (exact) mass is 439 g/mol. The summed E-state index contributed by atoms with van der Waals surface area (Å²) >= 11 is 0. The molecule has 2 aliphatic rings. The largest absolute Gasteiger partial charge is 0.402 e. The van der Waals surface area contributed by atoms with Crippen molar-refractivity contribution < 1.29 is 0 Å². The smallest absolute Gasteiger partial charge is 0.181 e. The molecule has 4 N–H and O–H groups in total. The van der Waals surface area contributed by atoms with Crippen LogP contribution in [0.4, 0.5) is 0 Å². The number of nitrogens with two attached hydrogens (primary N) is 1. The highest BCUT2D eigenvalue weighted by molar-refractivity contribution is 5.93. The Balaban J connectivity index is 1.42. The van der Waals surface area contributed by atoms with E-state index in [-0.39, 0.29) is 0 Å². The van der Waals surface area contributed by atoms with Crippen molar-refractivity contribution in [3.63, 3.8) is 0 Å². The number of H-pyrrole nitrogens is 2. The lowest BCUT2D eigenvalue weighted by molar-refractivity contribution is 0.207. The second kappa shape index (κ2) is 7.86. The van der Waals surface area contributed by atoms with Gasteiger partial charge in [-0.2, -0.15) is 5.10 Å². The maximum Gasteiger partial charge on any atom is 0.181 e. The summed E-state index contributed by atoms with van der Waals surface area (Å²) in [5.74, 6) is 0. The molecule has 33 heavy (non-hydrogen) atoms. The van der Waals surface area contributed by atoms with E-state index in [2.05, 4.69) is 65.2 Å². The van der Waals surface area contributed by atoms with Crippen molar-refractivity contribution in [2.24, 2.45) is 5.73 Å². The molecule has 0 bridgehead atoms. The molecule has 0 spiro atoms. The molecule has 0 radical (unpaired) electrons. The van der Waals surface area contributed by atoms with Crippen LogP contribution in [0, 0.1) is 0 Å². The highest BCUT2D eigenvalue weighted by Gasteiger charge is 2.24. The van der Waals surface area contributed by atoms with Gasteiger partial charge in [-0.1, -0.05) is 0 Å². The summed E-state index contributed by atoms with van der Waals surface area (Å²) in [6.07, 6.45) is 11.7. The Morgan fingerprint density at radius 3 is 2.70 bits per heavy atom. The fourth-order valence-corrected chi connectivity index (χ4v) is 4.56. The number of aromatic amines is 2. The summed E-state index contributed by atoms with van der Waals surface area (Å²) in [5, 5.41) is 8.54. The van der Waals surface area contributed by atoms with Crippen LogP contribution in [0.5, 0.6) is 0 Å². The molecule has 0 amide bonds. The lowest BCUT2D eigenvalue weighted by atomic mass is 10.1. The van der Waals surface area contributed by atoms with Crippen LogP contribution >= 0.6 is 0 Å². The number of pyridine rings is 1. The van der Waals surface area contributed by atoms with Crippen LogP contribution in [0.3, 0.4) is 0 Å². The molecule has 0 unspecified atom stereocenters. The SMILES string of the molecule is CN1CCN(C2=CC=C(N)Cc3[nH]c(-c4[nH]nc5ncc(-c6cnccn6)cc45)cc32)CC1. The zero-order chi connectivity index (χ0) is 22.4. The summed E-state index contributed by atoms with van der Waals surface area (Å²) < 4.78 is 0. The summed E-state index contributed by atoms with van der Waals surface area (Å²) in [5.41, 5.74) is 14.9. The Morgan fingerprint density at radius 2 is 1.88 bits per heavy atom. The molecular formula is C24H25N9. The first kappa shape index (κ1) is 19.7. The normalized spacial score (nSPS) is 16.9. The Morgan fingerprint density at radius 1 is 1.00 bits per heavy atom. The lowest BCUT2D eigenvalue weighted by Crippen LogP contribution is -2.43. The molecule has 5 heterocycles. The number of hydrogen-bond acceptors (Lipinski definition) is 7. The van der Waals surface area contributed by atoms with Crippen molar-refractivity contribution in [1.29, 1.82) is 0 Å². The van der Waals surface area contributed by atoms with Gasteiger partial charge in [-0.25, -0.2) is 4.98 Å². The van der Waals surface area contributed by atoms with Crippen LogP contribution in [0.2, 0.25) is 0 Å².